The Kier molecular flexibility index (Phi) is 3.48. The molecule has 0 atom stereocenters. The zero-order valence-corrected chi connectivity index (χ0v) is 10.2. The molecule has 84 valence electrons. The van der Waals surface area contributed by atoms with Crippen molar-refractivity contribution in [1.82, 2.24) is 14.8 Å². The Hall–Kier alpha value is -1.04. The van der Waals surface area contributed by atoms with Crippen LogP contribution in [0.5, 0.6) is 0 Å². The smallest absolute Gasteiger partial charge is 0.190 e. The van der Waals surface area contributed by atoms with Crippen LogP contribution in [0.15, 0.2) is 34.6 Å². The molecule has 0 saturated heterocycles. The number of nitrogens with zero attached hydrogens (tertiary/aromatic N) is 3. The van der Waals surface area contributed by atoms with E-state index in [9.17, 15) is 5.11 Å². The van der Waals surface area contributed by atoms with Crippen molar-refractivity contribution in [3.63, 3.8) is 0 Å². The van der Waals surface area contributed by atoms with Crippen molar-refractivity contribution in [3.8, 4) is 0 Å². The number of benzene rings is 1. The number of aromatic nitrogens is 3. The SMILES string of the molecule is Cn1ncnc1Sc1c(Cl)cccc1CO. The molecule has 0 aliphatic carbocycles. The van der Waals surface area contributed by atoms with Crippen molar-refractivity contribution in [2.24, 2.45) is 7.05 Å². The fraction of sp³-hybridized carbons (Fsp3) is 0.200. The Balaban J connectivity index is 2.37. The number of aryl methyl sites for hydroxylation is 1. The molecule has 1 N–H and O–H groups in total. The second kappa shape index (κ2) is 4.86. The molecule has 0 aliphatic heterocycles. The molecule has 1 heterocycles. The molecule has 0 amide bonds. The molecule has 0 saturated carbocycles. The van der Waals surface area contributed by atoms with E-state index in [2.05, 4.69) is 10.1 Å². The van der Waals surface area contributed by atoms with Gasteiger partial charge in [0.15, 0.2) is 5.16 Å². The summed E-state index contributed by atoms with van der Waals surface area (Å²) in [4.78, 5) is 4.92. The summed E-state index contributed by atoms with van der Waals surface area (Å²) in [6.07, 6.45) is 1.48. The molecule has 6 heteroatoms. The van der Waals surface area contributed by atoms with Crippen LogP contribution in [-0.2, 0) is 13.7 Å². The maximum absolute atomic E-state index is 9.23. The van der Waals surface area contributed by atoms with Gasteiger partial charge in [0.05, 0.1) is 11.6 Å². The lowest BCUT2D eigenvalue weighted by atomic mass is 10.2. The highest BCUT2D eigenvalue weighted by Gasteiger charge is 2.11. The van der Waals surface area contributed by atoms with Crippen LogP contribution in [0.4, 0.5) is 0 Å². The second-order valence-corrected chi connectivity index (χ2v) is 4.54. The average Bonchev–Trinajstić information content (AvgIpc) is 2.67. The van der Waals surface area contributed by atoms with Crippen molar-refractivity contribution >= 4 is 23.4 Å². The molecule has 0 fully saturated rings. The normalized spacial score (nSPS) is 10.7. The fourth-order valence-corrected chi connectivity index (χ4v) is 2.46. The van der Waals surface area contributed by atoms with Crippen LogP contribution in [0.25, 0.3) is 0 Å². The van der Waals surface area contributed by atoms with Crippen molar-refractivity contribution in [2.45, 2.75) is 16.7 Å². The number of hydrogen-bond acceptors (Lipinski definition) is 4. The number of aliphatic hydroxyl groups is 1. The molecule has 16 heavy (non-hydrogen) atoms. The molecular formula is C10H10ClN3OS. The quantitative estimate of drug-likeness (QED) is 0.913. The maximum Gasteiger partial charge on any atom is 0.190 e. The predicted molar refractivity (Wildman–Crippen MR) is 62.5 cm³/mol. The first-order chi connectivity index (χ1) is 7.72. The highest BCUT2D eigenvalue weighted by atomic mass is 35.5. The lowest BCUT2D eigenvalue weighted by Crippen LogP contribution is -1.94. The minimum Gasteiger partial charge on any atom is -0.392 e. The fourth-order valence-electron chi connectivity index (χ4n) is 1.26. The summed E-state index contributed by atoms with van der Waals surface area (Å²) in [5.41, 5.74) is 0.792. The van der Waals surface area contributed by atoms with E-state index in [1.54, 1.807) is 10.7 Å². The molecular weight excluding hydrogens is 246 g/mol. The Labute approximate surface area is 102 Å². The largest absolute Gasteiger partial charge is 0.392 e. The Morgan fingerprint density at radius 2 is 2.31 bits per heavy atom. The van der Waals surface area contributed by atoms with Gasteiger partial charge in [-0.15, -0.1) is 0 Å². The van der Waals surface area contributed by atoms with Gasteiger partial charge < -0.3 is 5.11 Å². The summed E-state index contributed by atoms with van der Waals surface area (Å²) in [6, 6.07) is 5.44. The van der Waals surface area contributed by atoms with E-state index < -0.39 is 0 Å². The molecule has 0 radical (unpaired) electrons. The zero-order valence-electron chi connectivity index (χ0n) is 8.59. The number of rotatable bonds is 3. The van der Waals surface area contributed by atoms with E-state index >= 15 is 0 Å². The third-order valence-corrected chi connectivity index (χ3v) is 3.75. The number of hydrogen-bond donors (Lipinski definition) is 1. The van der Waals surface area contributed by atoms with E-state index in [1.165, 1.54) is 18.1 Å². The van der Waals surface area contributed by atoms with Gasteiger partial charge in [-0.25, -0.2) is 9.67 Å². The van der Waals surface area contributed by atoms with Crippen molar-refractivity contribution < 1.29 is 5.11 Å². The van der Waals surface area contributed by atoms with Crippen LogP contribution < -0.4 is 0 Å². The summed E-state index contributed by atoms with van der Waals surface area (Å²) in [5, 5.41) is 14.6. The van der Waals surface area contributed by atoms with Gasteiger partial charge in [-0.2, -0.15) is 5.10 Å². The predicted octanol–water partition coefficient (Wildman–Crippen LogP) is 2.11. The van der Waals surface area contributed by atoms with Crippen LogP contribution >= 0.6 is 23.4 Å². The van der Waals surface area contributed by atoms with Crippen LogP contribution in [0, 0.1) is 0 Å². The standard InChI is InChI=1S/C10H10ClN3OS/c1-14-10(12-6-13-14)16-9-7(5-15)3-2-4-8(9)11/h2-4,6,15H,5H2,1H3. The average molecular weight is 256 g/mol. The monoisotopic (exact) mass is 255 g/mol. The highest BCUT2D eigenvalue weighted by molar-refractivity contribution is 7.99. The topological polar surface area (TPSA) is 50.9 Å². The molecule has 2 rings (SSSR count). The van der Waals surface area contributed by atoms with Crippen LogP contribution in [0.3, 0.4) is 0 Å². The van der Waals surface area contributed by atoms with E-state index in [0.717, 1.165) is 15.6 Å². The molecule has 1 aromatic heterocycles. The van der Waals surface area contributed by atoms with Gasteiger partial charge in [0, 0.05) is 11.9 Å². The summed E-state index contributed by atoms with van der Waals surface area (Å²) < 4.78 is 1.66. The second-order valence-electron chi connectivity index (χ2n) is 3.15. The van der Waals surface area contributed by atoms with Crippen LogP contribution in [0.2, 0.25) is 5.02 Å². The van der Waals surface area contributed by atoms with Crippen molar-refractivity contribution in [3.05, 3.63) is 35.1 Å². The Bertz CT molecular complexity index is 501. The first kappa shape index (κ1) is 11.4. The zero-order chi connectivity index (χ0) is 11.5. The minimum atomic E-state index is -0.0409. The lowest BCUT2D eigenvalue weighted by molar-refractivity contribution is 0.279. The first-order valence-electron chi connectivity index (χ1n) is 4.62. The third-order valence-electron chi connectivity index (χ3n) is 2.08. The molecule has 4 nitrogen and oxygen atoms in total. The summed E-state index contributed by atoms with van der Waals surface area (Å²) in [5.74, 6) is 0. The third kappa shape index (κ3) is 2.21. The van der Waals surface area contributed by atoms with Gasteiger partial charge in [0.1, 0.15) is 6.33 Å². The molecule has 0 spiro atoms. The molecule has 1 aromatic carbocycles. The van der Waals surface area contributed by atoms with Gasteiger partial charge in [-0.05, 0) is 23.4 Å². The molecule has 0 aliphatic rings. The van der Waals surface area contributed by atoms with E-state index in [4.69, 9.17) is 11.6 Å². The van der Waals surface area contributed by atoms with Gasteiger partial charge in [-0.3, -0.25) is 0 Å². The number of halogens is 1. The number of aliphatic hydroxyl groups excluding tert-OH is 1. The molecule has 0 bridgehead atoms. The highest BCUT2D eigenvalue weighted by Crippen LogP contribution is 2.34. The lowest BCUT2D eigenvalue weighted by Gasteiger charge is -2.07. The summed E-state index contributed by atoms with van der Waals surface area (Å²) in [7, 11) is 1.81. The summed E-state index contributed by atoms with van der Waals surface area (Å²) >= 11 is 7.48. The van der Waals surface area contributed by atoms with Crippen molar-refractivity contribution in [2.75, 3.05) is 0 Å². The maximum atomic E-state index is 9.23. The Morgan fingerprint density at radius 3 is 2.94 bits per heavy atom. The summed E-state index contributed by atoms with van der Waals surface area (Å²) in [6.45, 7) is -0.0409. The van der Waals surface area contributed by atoms with Gasteiger partial charge in [0.25, 0.3) is 0 Å². The van der Waals surface area contributed by atoms with Crippen LogP contribution in [0.1, 0.15) is 5.56 Å². The van der Waals surface area contributed by atoms with Gasteiger partial charge in [-0.1, -0.05) is 23.7 Å². The first-order valence-corrected chi connectivity index (χ1v) is 5.82. The van der Waals surface area contributed by atoms with Crippen molar-refractivity contribution in [1.29, 1.82) is 0 Å². The van der Waals surface area contributed by atoms with Crippen LogP contribution in [-0.4, -0.2) is 19.9 Å². The Morgan fingerprint density at radius 1 is 1.50 bits per heavy atom. The van der Waals surface area contributed by atoms with E-state index in [1.807, 2.05) is 19.2 Å². The van der Waals surface area contributed by atoms with Gasteiger partial charge in [0.2, 0.25) is 0 Å². The van der Waals surface area contributed by atoms with Gasteiger partial charge >= 0.3 is 0 Å². The molecule has 0 unspecified atom stereocenters. The van der Waals surface area contributed by atoms with E-state index in [-0.39, 0.29) is 6.61 Å². The molecule has 2 aromatic rings. The minimum absolute atomic E-state index is 0.0409. The van der Waals surface area contributed by atoms with E-state index in [0.29, 0.717) is 5.02 Å².